The van der Waals surface area contributed by atoms with E-state index in [9.17, 15) is 4.79 Å². The molecule has 3 heterocycles. The maximum atomic E-state index is 12.5. The molecule has 6 heteroatoms. The summed E-state index contributed by atoms with van der Waals surface area (Å²) in [5, 5.41) is 6.96. The first-order chi connectivity index (χ1) is 12.7. The molecule has 1 fully saturated rings. The fourth-order valence-corrected chi connectivity index (χ4v) is 3.84. The SMILES string of the molecule is C[C@@H]1CCCN(CCCNC(=O)c2noc3c2COc2ccccc2-3)C1. The summed E-state index contributed by atoms with van der Waals surface area (Å²) in [4.78, 5) is 15.0. The highest BCUT2D eigenvalue weighted by Gasteiger charge is 2.28. The molecule has 1 N–H and O–H groups in total. The summed E-state index contributed by atoms with van der Waals surface area (Å²) in [6, 6.07) is 7.64. The van der Waals surface area contributed by atoms with Crippen molar-refractivity contribution in [2.45, 2.75) is 32.8 Å². The van der Waals surface area contributed by atoms with Crippen molar-refractivity contribution in [2.75, 3.05) is 26.2 Å². The summed E-state index contributed by atoms with van der Waals surface area (Å²) in [6.07, 6.45) is 3.55. The summed E-state index contributed by atoms with van der Waals surface area (Å²) in [5.41, 5.74) is 1.91. The van der Waals surface area contributed by atoms with Crippen LogP contribution in [0.4, 0.5) is 0 Å². The van der Waals surface area contributed by atoms with E-state index in [0.717, 1.165) is 35.8 Å². The van der Waals surface area contributed by atoms with Crippen LogP contribution in [0.1, 0.15) is 42.2 Å². The van der Waals surface area contributed by atoms with Crippen molar-refractivity contribution in [1.82, 2.24) is 15.4 Å². The standard InChI is InChI=1S/C20H25N3O3/c1-14-6-4-10-23(12-14)11-5-9-21-20(24)18-16-13-25-17-8-3-2-7-15(17)19(16)26-22-18/h2-3,7-8,14H,4-6,9-13H2,1H3,(H,21,24)/t14-/m1/s1. The summed E-state index contributed by atoms with van der Waals surface area (Å²) in [6.45, 7) is 6.63. The van der Waals surface area contributed by atoms with Crippen molar-refractivity contribution in [1.29, 1.82) is 0 Å². The number of benzene rings is 1. The number of hydrogen-bond donors (Lipinski definition) is 1. The minimum absolute atomic E-state index is 0.190. The van der Waals surface area contributed by atoms with Gasteiger partial charge in [-0.2, -0.15) is 0 Å². The third-order valence-corrected chi connectivity index (χ3v) is 5.18. The van der Waals surface area contributed by atoms with Crippen LogP contribution in [0.15, 0.2) is 28.8 Å². The molecule has 2 aliphatic rings. The first kappa shape index (κ1) is 17.1. The van der Waals surface area contributed by atoms with Crippen molar-refractivity contribution in [3.63, 3.8) is 0 Å². The highest BCUT2D eigenvalue weighted by Crippen LogP contribution is 2.38. The molecular weight excluding hydrogens is 330 g/mol. The van der Waals surface area contributed by atoms with E-state index in [1.165, 1.54) is 25.9 Å². The van der Waals surface area contributed by atoms with Gasteiger partial charge >= 0.3 is 0 Å². The van der Waals surface area contributed by atoms with Crippen LogP contribution in [0, 0.1) is 5.92 Å². The van der Waals surface area contributed by atoms with Crippen molar-refractivity contribution >= 4 is 5.91 Å². The van der Waals surface area contributed by atoms with Crippen LogP contribution in [-0.2, 0) is 6.61 Å². The first-order valence-corrected chi connectivity index (χ1v) is 9.43. The van der Waals surface area contributed by atoms with Gasteiger partial charge in [-0.1, -0.05) is 24.2 Å². The predicted molar refractivity (Wildman–Crippen MR) is 98.1 cm³/mol. The topological polar surface area (TPSA) is 67.6 Å². The van der Waals surface area contributed by atoms with E-state index in [2.05, 4.69) is 22.3 Å². The Balaban J connectivity index is 1.33. The first-order valence-electron chi connectivity index (χ1n) is 9.43. The van der Waals surface area contributed by atoms with Crippen molar-refractivity contribution < 1.29 is 14.1 Å². The van der Waals surface area contributed by atoms with E-state index >= 15 is 0 Å². The number of carbonyl (C=O) groups is 1. The zero-order valence-electron chi connectivity index (χ0n) is 15.2. The molecule has 0 aliphatic carbocycles. The number of nitrogens with one attached hydrogen (secondary N) is 1. The molecule has 1 amide bonds. The maximum absolute atomic E-state index is 12.5. The van der Waals surface area contributed by atoms with Gasteiger partial charge in [0.15, 0.2) is 11.5 Å². The summed E-state index contributed by atoms with van der Waals surface area (Å²) < 4.78 is 11.2. The van der Waals surface area contributed by atoms with Crippen LogP contribution in [0.25, 0.3) is 11.3 Å². The molecule has 1 atom stereocenters. The number of fused-ring (bicyclic) bond motifs is 3. The van der Waals surface area contributed by atoms with Gasteiger partial charge in [0.05, 0.1) is 11.1 Å². The molecular formula is C20H25N3O3. The molecule has 1 aromatic carbocycles. The molecule has 1 saturated heterocycles. The van der Waals surface area contributed by atoms with Gasteiger partial charge in [-0.3, -0.25) is 4.79 Å². The van der Waals surface area contributed by atoms with E-state index < -0.39 is 0 Å². The lowest BCUT2D eigenvalue weighted by Gasteiger charge is -2.30. The van der Waals surface area contributed by atoms with Gasteiger partial charge in [0.25, 0.3) is 5.91 Å². The average Bonchev–Trinajstić information content (AvgIpc) is 3.10. The van der Waals surface area contributed by atoms with Crippen LogP contribution < -0.4 is 10.1 Å². The number of nitrogens with zero attached hydrogens (tertiary/aromatic N) is 2. The third-order valence-electron chi connectivity index (χ3n) is 5.18. The molecule has 4 rings (SSSR count). The second-order valence-electron chi connectivity index (χ2n) is 7.28. The molecule has 1 aromatic heterocycles. The number of aromatic nitrogens is 1. The fourth-order valence-electron chi connectivity index (χ4n) is 3.84. The lowest BCUT2D eigenvalue weighted by Crippen LogP contribution is -2.36. The van der Waals surface area contributed by atoms with Crippen LogP contribution in [0.3, 0.4) is 0 Å². The number of carbonyl (C=O) groups excluding carboxylic acids is 1. The molecule has 138 valence electrons. The predicted octanol–water partition coefficient (Wildman–Crippen LogP) is 3.09. The lowest BCUT2D eigenvalue weighted by atomic mass is 10.0. The van der Waals surface area contributed by atoms with Gasteiger partial charge in [-0.15, -0.1) is 0 Å². The zero-order valence-corrected chi connectivity index (χ0v) is 15.2. The molecule has 0 radical (unpaired) electrons. The van der Waals surface area contributed by atoms with E-state index in [-0.39, 0.29) is 5.91 Å². The number of amides is 1. The summed E-state index contributed by atoms with van der Waals surface area (Å²) in [5.74, 6) is 1.99. The second kappa shape index (κ2) is 7.50. The quantitative estimate of drug-likeness (QED) is 0.835. The number of hydrogen-bond acceptors (Lipinski definition) is 5. The molecule has 6 nitrogen and oxygen atoms in total. The van der Waals surface area contributed by atoms with Crippen LogP contribution in [0.5, 0.6) is 5.75 Å². The number of piperidine rings is 1. The highest BCUT2D eigenvalue weighted by molar-refractivity contribution is 5.95. The zero-order chi connectivity index (χ0) is 17.9. The van der Waals surface area contributed by atoms with Gasteiger partial charge < -0.3 is 19.5 Å². The van der Waals surface area contributed by atoms with Crippen LogP contribution in [-0.4, -0.2) is 42.1 Å². The Morgan fingerprint density at radius 1 is 1.38 bits per heavy atom. The molecule has 0 saturated carbocycles. The Morgan fingerprint density at radius 2 is 2.27 bits per heavy atom. The van der Waals surface area contributed by atoms with E-state index in [4.69, 9.17) is 9.26 Å². The van der Waals surface area contributed by atoms with Crippen molar-refractivity contribution in [3.8, 4) is 17.1 Å². The van der Waals surface area contributed by atoms with Gasteiger partial charge in [0.2, 0.25) is 0 Å². The molecule has 0 bridgehead atoms. The van der Waals surface area contributed by atoms with Gasteiger partial charge in [0, 0.05) is 13.1 Å². The van der Waals surface area contributed by atoms with E-state index in [0.29, 0.717) is 24.6 Å². The van der Waals surface area contributed by atoms with Gasteiger partial charge in [-0.05, 0) is 50.4 Å². The monoisotopic (exact) mass is 355 g/mol. The third kappa shape index (κ3) is 3.46. The Hall–Kier alpha value is -2.34. The fraction of sp³-hybridized carbons (Fsp3) is 0.500. The minimum atomic E-state index is -0.190. The van der Waals surface area contributed by atoms with E-state index in [1.54, 1.807) is 0 Å². The molecule has 2 aromatic rings. The Morgan fingerprint density at radius 3 is 3.15 bits per heavy atom. The van der Waals surface area contributed by atoms with Crippen LogP contribution >= 0.6 is 0 Å². The smallest absolute Gasteiger partial charge is 0.273 e. The van der Waals surface area contributed by atoms with Gasteiger partial charge in [0.1, 0.15) is 12.4 Å². The number of ether oxygens (including phenoxy) is 1. The molecule has 2 aliphatic heterocycles. The largest absolute Gasteiger partial charge is 0.488 e. The van der Waals surface area contributed by atoms with Gasteiger partial charge in [-0.25, -0.2) is 0 Å². The van der Waals surface area contributed by atoms with Crippen molar-refractivity contribution in [2.24, 2.45) is 5.92 Å². The molecule has 26 heavy (non-hydrogen) atoms. The highest BCUT2D eigenvalue weighted by atomic mass is 16.5. The average molecular weight is 355 g/mol. The summed E-state index contributed by atoms with van der Waals surface area (Å²) >= 11 is 0. The Labute approximate surface area is 153 Å². The minimum Gasteiger partial charge on any atom is -0.488 e. The molecule has 0 unspecified atom stereocenters. The number of para-hydroxylation sites is 1. The van der Waals surface area contributed by atoms with Crippen LogP contribution in [0.2, 0.25) is 0 Å². The van der Waals surface area contributed by atoms with Crippen molar-refractivity contribution in [3.05, 3.63) is 35.5 Å². The normalized spacial score (nSPS) is 19.3. The Bertz CT molecular complexity index is 786. The summed E-state index contributed by atoms with van der Waals surface area (Å²) in [7, 11) is 0. The number of rotatable bonds is 5. The second-order valence-corrected chi connectivity index (χ2v) is 7.28. The molecule has 0 spiro atoms. The van der Waals surface area contributed by atoms with E-state index in [1.807, 2.05) is 24.3 Å². The number of likely N-dealkylation sites (tertiary alicyclic amines) is 1. The lowest BCUT2D eigenvalue weighted by molar-refractivity contribution is 0.0939. The maximum Gasteiger partial charge on any atom is 0.273 e. The Kier molecular flexibility index (Phi) is 4.93.